The fourth-order valence-electron chi connectivity index (χ4n) is 1.47. The molecule has 1 saturated heterocycles. The first-order chi connectivity index (χ1) is 5.23. The lowest BCUT2D eigenvalue weighted by Crippen LogP contribution is -2.57. The monoisotopic (exact) mass is 176 g/mol. The van der Waals surface area contributed by atoms with Crippen LogP contribution in [0.15, 0.2) is 0 Å². The molecule has 0 amide bonds. The molecule has 0 bridgehead atoms. The molecule has 0 saturated carbocycles. The predicted molar refractivity (Wildman–Crippen MR) is 49.7 cm³/mol. The highest BCUT2D eigenvalue weighted by Crippen LogP contribution is 2.22. The van der Waals surface area contributed by atoms with E-state index in [0.29, 0.717) is 5.37 Å². The molecule has 1 rings (SSSR count). The van der Waals surface area contributed by atoms with Gasteiger partial charge in [0.1, 0.15) is 13.2 Å². The van der Waals surface area contributed by atoms with Gasteiger partial charge in [-0.1, -0.05) is 0 Å². The second-order valence-corrected chi connectivity index (χ2v) is 4.30. The average molecular weight is 176 g/mol. The van der Waals surface area contributed by atoms with Gasteiger partial charge in [0.15, 0.2) is 5.37 Å². The van der Waals surface area contributed by atoms with Crippen LogP contribution in [0, 0.1) is 0 Å². The maximum atomic E-state index is 5.43. The second-order valence-electron chi connectivity index (χ2n) is 3.28. The molecule has 0 aromatic rings. The van der Waals surface area contributed by atoms with Gasteiger partial charge in [-0.15, -0.1) is 11.8 Å². The molecule has 0 spiro atoms. The summed E-state index contributed by atoms with van der Waals surface area (Å²) in [7, 11) is 2.32. The summed E-state index contributed by atoms with van der Waals surface area (Å²) in [6, 6.07) is 0. The molecule has 1 heterocycles. The molecule has 3 heteroatoms. The number of nitrogens with zero attached hydrogens (tertiary/aromatic N) is 1. The topological polar surface area (TPSA) is 9.23 Å². The summed E-state index contributed by atoms with van der Waals surface area (Å²) in [5.74, 6) is 0. The minimum Gasteiger partial charge on any atom is -0.368 e. The van der Waals surface area contributed by atoms with Crippen molar-refractivity contribution < 1.29 is 9.22 Å². The van der Waals surface area contributed by atoms with E-state index in [2.05, 4.69) is 20.2 Å². The lowest BCUT2D eigenvalue weighted by atomic mass is 10.3. The van der Waals surface area contributed by atoms with Crippen LogP contribution in [0.5, 0.6) is 0 Å². The maximum absolute atomic E-state index is 5.43. The van der Waals surface area contributed by atoms with Crippen LogP contribution in [0.25, 0.3) is 0 Å². The number of likely N-dealkylation sites (N-methyl/N-ethyl adjacent to an activating group) is 1. The van der Waals surface area contributed by atoms with Gasteiger partial charge in [-0.05, 0) is 13.2 Å². The highest BCUT2D eigenvalue weighted by Gasteiger charge is 2.33. The third kappa shape index (κ3) is 1.89. The van der Waals surface area contributed by atoms with E-state index in [1.165, 1.54) is 17.6 Å². The van der Waals surface area contributed by atoms with Crippen molar-refractivity contribution in [1.82, 2.24) is 0 Å². The fraction of sp³-hybridized carbons (Fsp3) is 1.00. The highest BCUT2D eigenvalue weighted by molar-refractivity contribution is 7.99. The van der Waals surface area contributed by atoms with Crippen LogP contribution in [0.2, 0.25) is 0 Å². The highest BCUT2D eigenvalue weighted by atomic mass is 32.2. The van der Waals surface area contributed by atoms with E-state index in [4.69, 9.17) is 4.74 Å². The van der Waals surface area contributed by atoms with Gasteiger partial charge < -0.3 is 9.22 Å². The molecule has 66 valence electrons. The minimum absolute atomic E-state index is 0.647. The smallest absolute Gasteiger partial charge is 0.159 e. The van der Waals surface area contributed by atoms with Crippen LogP contribution in [-0.4, -0.2) is 49.5 Å². The molecule has 2 unspecified atom stereocenters. The number of ether oxygens (including phenoxy) is 1. The molecule has 0 aromatic heterocycles. The first kappa shape index (κ1) is 9.36. The van der Waals surface area contributed by atoms with Crippen LogP contribution in [0.4, 0.5) is 0 Å². The van der Waals surface area contributed by atoms with Gasteiger partial charge in [0.25, 0.3) is 0 Å². The zero-order valence-electron chi connectivity index (χ0n) is 7.67. The molecule has 0 aromatic carbocycles. The Hall–Kier alpha value is 0.270. The van der Waals surface area contributed by atoms with E-state index in [-0.39, 0.29) is 0 Å². The summed E-state index contributed by atoms with van der Waals surface area (Å²) < 4.78 is 6.60. The summed E-state index contributed by atoms with van der Waals surface area (Å²) in [6.07, 6.45) is 2.17. The maximum Gasteiger partial charge on any atom is 0.159 e. The van der Waals surface area contributed by atoms with Crippen LogP contribution in [-0.2, 0) is 4.74 Å². The van der Waals surface area contributed by atoms with Gasteiger partial charge in [0.2, 0.25) is 0 Å². The van der Waals surface area contributed by atoms with Crippen LogP contribution in [0.3, 0.4) is 0 Å². The first-order valence-corrected chi connectivity index (χ1v) is 5.46. The molecule has 0 aliphatic carbocycles. The van der Waals surface area contributed by atoms with Crippen molar-refractivity contribution >= 4 is 11.8 Å². The van der Waals surface area contributed by atoms with Gasteiger partial charge in [-0.3, -0.25) is 0 Å². The van der Waals surface area contributed by atoms with Crippen molar-refractivity contribution in [2.24, 2.45) is 0 Å². The molecule has 2 atom stereocenters. The van der Waals surface area contributed by atoms with Crippen LogP contribution < -0.4 is 0 Å². The normalized spacial score (nSPS) is 39.0. The number of hydrogen-bond acceptors (Lipinski definition) is 2. The molecule has 0 N–H and O–H groups in total. The molecule has 1 aliphatic rings. The second kappa shape index (κ2) is 3.78. The Labute approximate surface area is 73.5 Å². The van der Waals surface area contributed by atoms with Gasteiger partial charge >= 0.3 is 0 Å². The number of morpholine rings is 1. The Morgan fingerprint density at radius 3 is 2.82 bits per heavy atom. The van der Waals surface area contributed by atoms with E-state index >= 15 is 0 Å². The molecule has 0 radical (unpaired) electrons. The summed E-state index contributed by atoms with van der Waals surface area (Å²) in [5.41, 5.74) is 0. The summed E-state index contributed by atoms with van der Waals surface area (Å²) in [6.45, 7) is 6.50. The van der Waals surface area contributed by atoms with Crippen molar-refractivity contribution in [2.75, 3.05) is 39.6 Å². The Morgan fingerprint density at radius 2 is 2.36 bits per heavy atom. The quantitative estimate of drug-likeness (QED) is 0.584. The Kier molecular flexibility index (Phi) is 3.22. The molecule has 1 aliphatic heterocycles. The average Bonchev–Trinajstić information content (AvgIpc) is 2.05. The molecule has 2 nitrogen and oxygen atoms in total. The van der Waals surface area contributed by atoms with E-state index in [1.54, 1.807) is 0 Å². The van der Waals surface area contributed by atoms with Gasteiger partial charge in [-0.25, -0.2) is 0 Å². The lowest BCUT2D eigenvalue weighted by Gasteiger charge is -2.42. The van der Waals surface area contributed by atoms with Crippen molar-refractivity contribution in [3.8, 4) is 0 Å². The number of rotatable bonds is 2. The van der Waals surface area contributed by atoms with Gasteiger partial charge in [0.05, 0.1) is 20.2 Å². The predicted octanol–water partition coefficient (Wildman–Crippen LogP) is 1.17. The fourth-order valence-corrected chi connectivity index (χ4v) is 2.46. The van der Waals surface area contributed by atoms with Crippen LogP contribution >= 0.6 is 11.8 Å². The first-order valence-electron chi connectivity index (χ1n) is 4.17. The molecule has 11 heavy (non-hydrogen) atoms. The van der Waals surface area contributed by atoms with E-state index in [9.17, 15) is 0 Å². The largest absolute Gasteiger partial charge is 0.368 e. The SMILES string of the molecule is CC[N+]1(C)CCOCC1SC. The Bertz CT molecular complexity index is 131. The van der Waals surface area contributed by atoms with Crippen LogP contribution in [0.1, 0.15) is 6.92 Å². The summed E-state index contributed by atoms with van der Waals surface area (Å²) in [4.78, 5) is 0. The van der Waals surface area contributed by atoms with E-state index < -0.39 is 0 Å². The van der Waals surface area contributed by atoms with Crippen molar-refractivity contribution in [3.05, 3.63) is 0 Å². The summed E-state index contributed by atoms with van der Waals surface area (Å²) in [5, 5.41) is 0.647. The number of quaternary nitrogens is 1. The van der Waals surface area contributed by atoms with Crippen molar-refractivity contribution in [3.63, 3.8) is 0 Å². The van der Waals surface area contributed by atoms with Crippen molar-refractivity contribution in [2.45, 2.75) is 12.3 Å². The van der Waals surface area contributed by atoms with E-state index in [1.807, 2.05) is 11.8 Å². The third-order valence-electron chi connectivity index (χ3n) is 2.70. The minimum atomic E-state index is 0.647. The lowest BCUT2D eigenvalue weighted by molar-refractivity contribution is -0.925. The van der Waals surface area contributed by atoms with Crippen molar-refractivity contribution in [1.29, 1.82) is 0 Å². The Balaban J connectivity index is 2.57. The zero-order valence-corrected chi connectivity index (χ0v) is 8.49. The van der Waals surface area contributed by atoms with E-state index in [0.717, 1.165) is 13.2 Å². The standard InChI is InChI=1S/C8H18NOS/c1-4-9(2)5-6-10-7-8(9)11-3/h8H,4-7H2,1-3H3/q+1. The summed E-state index contributed by atoms with van der Waals surface area (Å²) >= 11 is 1.92. The van der Waals surface area contributed by atoms with Gasteiger partial charge in [-0.2, -0.15) is 0 Å². The Morgan fingerprint density at radius 1 is 1.64 bits per heavy atom. The number of hydrogen-bond donors (Lipinski definition) is 0. The number of thioether (sulfide) groups is 1. The molecule has 1 fully saturated rings. The zero-order chi connectivity index (χ0) is 8.32. The van der Waals surface area contributed by atoms with Gasteiger partial charge in [0, 0.05) is 0 Å². The molecular weight excluding hydrogens is 158 g/mol. The molecular formula is C8H18NOS+. The third-order valence-corrected chi connectivity index (χ3v) is 3.89.